The number of amides is 1. The number of fused-ring (bicyclic) bond motifs is 1. The Morgan fingerprint density at radius 1 is 1.35 bits per heavy atom. The Morgan fingerprint density at radius 3 is 2.76 bits per heavy atom. The molecule has 17 heavy (non-hydrogen) atoms. The largest absolute Gasteiger partial charge is 0.338 e. The van der Waals surface area contributed by atoms with Gasteiger partial charge >= 0.3 is 0 Å². The van der Waals surface area contributed by atoms with E-state index in [4.69, 9.17) is 9.57 Å². The van der Waals surface area contributed by atoms with E-state index in [0.29, 0.717) is 6.61 Å². The molecule has 3 rings (SSSR count). The fourth-order valence-electron chi connectivity index (χ4n) is 2.91. The Labute approximate surface area is 102 Å². The average molecular weight is 237 g/mol. The summed E-state index contributed by atoms with van der Waals surface area (Å²) in [6.07, 6.45) is 4.93. The Balaban J connectivity index is 2.13. The minimum Gasteiger partial charge on any atom is -0.338 e. The predicted octanol–water partition coefficient (Wildman–Crippen LogP) is 1.87. The molecule has 4 nitrogen and oxygen atoms in total. The lowest BCUT2D eigenvalue weighted by Crippen LogP contribution is -2.69. The van der Waals surface area contributed by atoms with Gasteiger partial charge in [-0.05, 0) is 33.3 Å². The third kappa shape index (κ3) is 1.08. The normalized spacial score (nSPS) is 47.2. The molecule has 0 radical (unpaired) electrons. The molecule has 2 saturated heterocycles. The van der Waals surface area contributed by atoms with Crippen molar-refractivity contribution in [2.75, 3.05) is 6.61 Å². The van der Waals surface area contributed by atoms with Crippen molar-refractivity contribution in [3.05, 3.63) is 12.2 Å². The fraction of sp³-hybridized carbons (Fsp3) is 0.769. The molecule has 1 amide bonds. The molecular formula is C13H19NO3. The number of hydrogen-bond acceptors (Lipinski definition) is 3. The Hall–Kier alpha value is -0.870. The highest BCUT2D eigenvalue weighted by molar-refractivity contribution is 5.85. The van der Waals surface area contributed by atoms with Crippen LogP contribution in [0.15, 0.2) is 12.2 Å². The molecule has 2 bridgehead atoms. The van der Waals surface area contributed by atoms with Crippen molar-refractivity contribution in [3.8, 4) is 0 Å². The van der Waals surface area contributed by atoms with E-state index in [1.54, 1.807) is 0 Å². The molecule has 0 N–H and O–H groups in total. The molecule has 3 heterocycles. The van der Waals surface area contributed by atoms with Gasteiger partial charge < -0.3 is 4.74 Å². The number of carbonyl (C=O) groups is 1. The number of rotatable bonds is 0. The number of hydrogen-bond donors (Lipinski definition) is 0. The predicted molar refractivity (Wildman–Crippen MR) is 61.7 cm³/mol. The molecule has 0 aromatic rings. The molecule has 0 aromatic carbocycles. The van der Waals surface area contributed by atoms with Gasteiger partial charge in [-0.1, -0.05) is 13.0 Å². The quantitative estimate of drug-likeness (QED) is 0.604. The lowest BCUT2D eigenvalue weighted by Gasteiger charge is -2.56. The van der Waals surface area contributed by atoms with Crippen molar-refractivity contribution in [2.24, 2.45) is 11.3 Å². The van der Waals surface area contributed by atoms with Crippen molar-refractivity contribution in [1.82, 2.24) is 5.06 Å². The average Bonchev–Trinajstić information content (AvgIpc) is 2.60. The first kappa shape index (κ1) is 11.2. The van der Waals surface area contributed by atoms with Crippen LogP contribution >= 0.6 is 0 Å². The molecule has 3 aliphatic rings. The SMILES string of the molecule is CC1CCON2C(=O)C(C)(C)[C@@]3(C)C=C[C@@]12O3. The summed E-state index contributed by atoms with van der Waals surface area (Å²) in [6.45, 7) is 8.50. The summed E-state index contributed by atoms with van der Waals surface area (Å²) < 4.78 is 6.24. The number of nitrogens with zero attached hydrogens (tertiary/aromatic N) is 1. The van der Waals surface area contributed by atoms with Gasteiger partial charge in [0.2, 0.25) is 0 Å². The smallest absolute Gasteiger partial charge is 0.258 e. The van der Waals surface area contributed by atoms with Crippen molar-refractivity contribution in [2.45, 2.75) is 45.4 Å². The summed E-state index contributed by atoms with van der Waals surface area (Å²) in [4.78, 5) is 18.1. The second kappa shape index (κ2) is 2.93. The third-order valence-electron chi connectivity index (χ3n) is 4.77. The standard InChI is InChI=1S/C13H19NO3/c1-9-5-8-16-14-10(15)11(2,3)12(4)6-7-13(9,14)17-12/h6-7,9H,5,8H2,1-4H3/t9?,12-,13-/m1/s1. The van der Waals surface area contributed by atoms with Crippen LogP contribution in [0, 0.1) is 11.3 Å². The molecule has 0 aliphatic carbocycles. The lowest BCUT2D eigenvalue weighted by atomic mass is 9.74. The van der Waals surface area contributed by atoms with E-state index in [9.17, 15) is 4.79 Å². The van der Waals surface area contributed by atoms with E-state index in [1.807, 2.05) is 32.9 Å². The maximum Gasteiger partial charge on any atom is 0.258 e. The van der Waals surface area contributed by atoms with Crippen molar-refractivity contribution >= 4 is 5.91 Å². The fourth-order valence-corrected chi connectivity index (χ4v) is 2.91. The topological polar surface area (TPSA) is 38.8 Å². The van der Waals surface area contributed by atoms with Crippen LogP contribution in [-0.4, -0.2) is 28.9 Å². The molecule has 94 valence electrons. The first-order chi connectivity index (χ1) is 7.83. The Morgan fingerprint density at radius 2 is 2.06 bits per heavy atom. The van der Waals surface area contributed by atoms with Gasteiger partial charge in [0.05, 0.1) is 12.0 Å². The molecule has 3 atom stereocenters. The zero-order chi connectivity index (χ0) is 12.5. The van der Waals surface area contributed by atoms with Gasteiger partial charge in [-0.25, -0.2) is 0 Å². The van der Waals surface area contributed by atoms with Crippen LogP contribution in [0.4, 0.5) is 0 Å². The number of ether oxygens (including phenoxy) is 1. The highest BCUT2D eigenvalue weighted by Crippen LogP contribution is 2.55. The Kier molecular flexibility index (Phi) is 1.93. The van der Waals surface area contributed by atoms with Crippen LogP contribution in [0.3, 0.4) is 0 Å². The molecule has 0 aromatic heterocycles. The van der Waals surface area contributed by atoms with Crippen LogP contribution < -0.4 is 0 Å². The van der Waals surface area contributed by atoms with Crippen LogP contribution in [0.5, 0.6) is 0 Å². The minimum absolute atomic E-state index is 0.0165. The summed E-state index contributed by atoms with van der Waals surface area (Å²) in [5, 5.41) is 1.46. The van der Waals surface area contributed by atoms with Gasteiger partial charge in [-0.15, -0.1) is 0 Å². The maximum atomic E-state index is 12.6. The van der Waals surface area contributed by atoms with Gasteiger partial charge in [0, 0.05) is 5.92 Å². The van der Waals surface area contributed by atoms with Gasteiger partial charge in [-0.2, -0.15) is 5.06 Å². The van der Waals surface area contributed by atoms with Crippen LogP contribution in [-0.2, 0) is 14.4 Å². The third-order valence-corrected chi connectivity index (χ3v) is 4.77. The van der Waals surface area contributed by atoms with E-state index in [0.717, 1.165) is 6.42 Å². The Bertz CT molecular complexity index is 417. The van der Waals surface area contributed by atoms with Crippen molar-refractivity contribution < 1.29 is 14.4 Å². The van der Waals surface area contributed by atoms with Crippen molar-refractivity contribution in [3.63, 3.8) is 0 Å². The molecule has 0 saturated carbocycles. The zero-order valence-corrected chi connectivity index (χ0v) is 10.8. The monoisotopic (exact) mass is 237 g/mol. The summed E-state index contributed by atoms with van der Waals surface area (Å²) >= 11 is 0. The second-order valence-electron chi connectivity index (χ2n) is 6.04. The van der Waals surface area contributed by atoms with E-state index in [1.165, 1.54) is 5.06 Å². The first-order valence-electron chi connectivity index (χ1n) is 6.22. The van der Waals surface area contributed by atoms with Crippen LogP contribution in [0.1, 0.15) is 34.1 Å². The molecule has 2 fully saturated rings. The highest BCUT2D eigenvalue weighted by Gasteiger charge is 2.66. The zero-order valence-electron chi connectivity index (χ0n) is 10.8. The van der Waals surface area contributed by atoms with Crippen LogP contribution in [0.25, 0.3) is 0 Å². The lowest BCUT2D eigenvalue weighted by molar-refractivity contribution is -0.360. The summed E-state index contributed by atoms with van der Waals surface area (Å²) in [6, 6.07) is 0. The summed E-state index contributed by atoms with van der Waals surface area (Å²) in [5.74, 6) is 0.275. The van der Waals surface area contributed by atoms with Crippen LogP contribution in [0.2, 0.25) is 0 Å². The molecule has 4 heteroatoms. The molecule has 3 aliphatic heterocycles. The minimum atomic E-state index is -0.681. The highest BCUT2D eigenvalue weighted by atomic mass is 16.7. The number of hydroxylamine groups is 2. The van der Waals surface area contributed by atoms with Crippen molar-refractivity contribution in [1.29, 1.82) is 0 Å². The van der Waals surface area contributed by atoms with E-state index in [-0.39, 0.29) is 11.8 Å². The van der Waals surface area contributed by atoms with E-state index < -0.39 is 16.7 Å². The van der Waals surface area contributed by atoms with Gasteiger partial charge in [0.25, 0.3) is 5.91 Å². The molecule has 1 unspecified atom stereocenters. The maximum absolute atomic E-state index is 12.6. The second-order valence-corrected chi connectivity index (χ2v) is 6.04. The van der Waals surface area contributed by atoms with E-state index >= 15 is 0 Å². The summed E-state index contributed by atoms with van der Waals surface area (Å²) in [7, 11) is 0. The van der Waals surface area contributed by atoms with Gasteiger partial charge in [0.15, 0.2) is 5.72 Å². The molecular weight excluding hydrogens is 218 g/mol. The van der Waals surface area contributed by atoms with E-state index in [2.05, 4.69) is 6.92 Å². The number of carbonyl (C=O) groups excluding carboxylic acids is 1. The first-order valence-corrected chi connectivity index (χ1v) is 6.22. The van der Waals surface area contributed by atoms with Gasteiger partial charge in [-0.3, -0.25) is 9.63 Å². The van der Waals surface area contributed by atoms with Gasteiger partial charge in [0.1, 0.15) is 5.60 Å². The summed E-state index contributed by atoms with van der Waals surface area (Å²) in [5.41, 5.74) is -1.81. The molecule has 1 spiro atoms.